The summed E-state index contributed by atoms with van der Waals surface area (Å²) < 4.78 is 22.8. The zero-order valence-corrected chi connectivity index (χ0v) is 14.5. The normalized spacial score (nSPS) is 21.8. The van der Waals surface area contributed by atoms with Crippen LogP contribution in [0.3, 0.4) is 0 Å². The van der Waals surface area contributed by atoms with Gasteiger partial charge in [-0.25, -0.2) is 8.42 Å². The molecule has 2 fully saturated rings. The van der Waals surface area contributed by atoms with Gasteiger partial charge in [-0.1, -0.05) is 12.1 Å². The van der Waals surface area contributed by atoms with Crippen LogP contribution in [0.25, 0.3) is 0 Å². The standard InChI is InChI=1S/C15H18N2O4S.CH2O2/c1-22(20,21)12-4-2-10(3-5-12)6-14(18)17-8-11-7-16-15(19)13(11)9-17;2-1-3/h2-5,11,13H,6-9H2,1H3,(H,16,19);1H,(H,2,3)/t11-,13+;/m0./s1. The first-order valence-electron chi connectivity index (χ1n) is 7.68. The fourth-order valence-corrected chi connectivity index (χ4v) is 3.71. The van der Waals surface area contributed by atoms with Crippen molar-refractivity contribution in [2.75, 3.05) is 25.9 Å². The van der Waals surface area contributed by atoms with Gasteiger partial charge in [-0.2, -0.15) is 0 Å². The Balaban J connectivity index is 0.000000701. The minimum atomic E-state index is -3.22. The average molecular weight is 368 g/mol. The van der Waals surface area contributed by atoms with E-state index in [4.69, 9.17) is 9.90 Å². The third-order valence-corrected chi connectivity index (χ3v) is 5.50. The minimum Gasteiger partial charge on any atom is -0.483 e. The number of amides is 2. The molecular formula is C16H20N2O6S. The van der Waals surface area contributed by atoms with Crippen LogP contribution in [0.2, 0.25) is 0 Å². The Hall–Kier alpha value is -2.42. The number of hydrogen-bond donors (Lipinski definition) is 2. The van der Waals surface area contributed by atoms with E-state index in [1.807, 2.05) is 0 Å². The van der Waals surface area contributed by atoms with Gasteiger partial charge < -0.3 is 15.3 Å². The minimum absolute atomic E-state index is 0.0192. The molecule has 2 amide bonds. The maximum Gasteiger partial charge on any atom is 0.290 e. The lowest BCUT2D eigenvalue weighted by Gasteiger charge is -2.17. The monoisotopic (exact) mass is 368 g/mol. The van der Waals surface area contributed by atoms with Gasteiger partial charge in [0.2, 0.25) is 11.8 Å². The quantitative estimate of drug-likeness (QED) is 0.697. The van der Waals surface area contributed by atoms with Crippen LogP contribution in [0.4, 0.5) is 0 Å². The summed E-state index contributed by atoms with van der Waals surface area (Å²) in [5.41, 5.74) is 0.777. The number of hydrogen-bond acceptors (Lipinski definition) is 5. The van der Waals surface area contributed by atoms with Crippen LogP contribution in [0.5, 0.6) is 0 Å². The molecule has 3 rings (SSSR count). The summed E-state index contributed by atoms with van der Waals surface area (Å²) in [6.07, 6.45) is 1.38. The molecule has 2 saturated heterocycles. The summed E-state index contributed by atoms with van der Waals surface area (Å²) in [5, 5.41) is 9.71. The Morgan fingerprint density at radius 3 is 2.44 bits per heavy atom. The molecule has 136 valence electrons. The number of benzene rings is 1. The molecule has 2 aliphatic rings. The third-order valence-electron chi connectivity index (χ3n) is 4.38. The lowest BCUT2D eigenvalue weighted by atomic mass is 10.0. The average Bonchev–Trinajstić information content (AvgIpc) is 3.10. The van der Waals surface area contributed by atoms with E-state index < -0.39 is 9.84 Å². The predicted molar refractivity (Wildman–Crippen MR) is 88.5 cm³/mol. The fourth-order valence-electron chi connectivity index (χ4n) is 3.08. The van der Waals surface area contributed by atoms with Gasteiger partial charge >= 0.3 is 0 Å². The Morgan fingerprint density at radius 1 is 1.32 bits per heavy atom. The van der Waals surface area contributed by atoms with E-state index in [1.54, 1.807) is 17.0 Å². The highest BCUT2D eigenvalue weighted by Crippen LogP contribution is 2.27. The number of carbonyl (C=O) groups is 3. The van der Waals surface area contributed by atoms with E-state index in [0.717, 1.165) is 11.8 Å². The van der Waals surface area contributed by atoms with Crippen molar-refractivity contribution < 1.29 is 27.9 Å². The van der Waals surface area contributed by atoms with Crippen LogP contribution in [0.15, 0.2) is 29.2 Å². The number of sulfone groups is 1. The highest BCUT2D eigenvalue weighted by Gasteiger charge is 2.43. The van der Waals surface area contributed by atoms with Gasteiger partial charge in [0.25, 0.3) is 6.47 Å². The van der Waals surface area contributed by atoms with E-state index in [1.165, 1.54) is 12.1 Å². The first-order valence-corrected chi connectivity index (χ1v) is 9.57. The lowest BCUT2D eigenvalue weighted by Crippen LogP contribution is -2.34. The number of carbonyl (C=O) groups excluding carboxylic acids is 2. The first kappa shape index (κ1) is 18.9. The molecule has 2 heterocycles. The Bertz CT molecular complexity index is 759. The zero-order chi connectivity index (χ0) is 18.6. The van der Waals surface area contributed by atoms with Crippen LogP contribution in [-0.2, 0) is 30.6 Å². The molecule has 2 aliphatic heterocycles. The van der Waals surface area contributed by atoms with Gasteiger partial charge in [0.05, 0.1) is 17.2 Å². The Morgan fingerprint density at radius 2 is 1.92 bits per heavy atom. The molecular weight excluding hydrogens is 348 g/mol. The maximum atomic E-state index is 12.3. The molecule has 0 bridgehead atoms. The van der Waals surface area contributed by atoms with Crippen LogP contribution >= 0.6 is 0 Å². The van der Waals surface area contributed by atoms with E-state index in [2.05, 4.69) is 5.32 Å². The highest BCUT2D eigenvalue weighted by atomic mass is 32.2. The van der Waals surface area contributed by atoms with Crippen molar-refractivity contribution in [2.45, 2.75) is 11.3 Å². The fraction of sp³-hybridized carbons (Fsp3) is 0.438. The van der Waals surface area contributed by atoms with Gasteiger partial charge in [-0.3, -0.25) is 14.4 Å². The highest BCUT2D eigenvalue weighted by molar-refractivity contribution is 7.90. The molecule has 1 aromatic rings. The van der Waals surface area contributed by atoms with Crippen molar-refractivity contribution in [1.29, 1.82) is 0 Å². The number of fused-ring (bicyclic) bond motifs is 1. The van der Waals surface area contributed by atoms with Gasteiger partial charge in [-0.05, 0) is 17.7 Å². The molecule has 2 atom stereocenters. The zero-order valence-electron chi connectivity index (χ0n) is 13.7. The molecule has 1 aromatic carbocycles. The van der Waals surface area contributed by atoms with E-state index in [9.17, 15) is 18.0 Å². The van der Waals surface area contributed by atoms with Crippen molar-refractivity contribution >= 4 is 28.1 Å². The van der Waals surface area contributed by atoms with Crippen molar-refractivity contribution in [3.05, 3.63) is 29.8 Å². The second-order valence-corrected chi connectivity index (χ2v) is 8.12. The summed E-state index contributed by atoms with van der Waals surface area (Å²) in [4.78, 5) is 34.3. The van der Waals surface area contributed by atoms with E-state index in [-0.39, 0.29) is 41.4 Å². The van der Waals surface area contributed by atoms with Crippen LogP contribution in [0.1, 0.15) is 5.56 Å². The van der Waals surface area contributed by atoms with Gasteiger partial charge in [0.15, 0.2) is 9.84 Å². The molecule has 9 heteroatoms. The van der Waals surface area contributed by atoms with Crippen molar-refractivity contribution in [3.63, 3.8) is 0 Å². The van der Waals surface area contributed by atoms with E-state index >= 15 is 0 Å². The summed E-state index contributed by atoms with van der Waals surface area (Å²) in [6, 6.07) is 6.37. The van der Waals surface area contributed by atoms with Crippen LogP contribution in [0, 0.1) is 11.8 Å². The van der Waals surface area contributed by atoms with Gasteiger partial charge in [0.1, 0.15) is 0 Å². The molecule has 0 aromatic heterocycles. The smallest absolute Gasteiger partial charge is 0.290 e. The number of likely N-dealkylation sites (tertiary alicyclic amines) is 1. The van der Waals surface area contributed by atoms with Crippen molar-refractivity contribution in [1.82, 2.24) is 10.2 Å². The third kappa shape index (κ3) is 4.56. The van der Waals surface area contributed by atoms with Gasteiger partial charge in [0, 0.05) is 31.8 Å². The summed E-state index contributed by atoms with van der Waals surface area (Å²) >= 11 is 0. The van der Waals surface area contributed by atoms with Crippen LogP contribution in [-0.4, -0.2) is 62.6 Å². The second-order valence-electron chi connectivity index (χ2n) is 6.11. The van der Waals surface area contributed by atoms with Gasteiger partial charge in [-0.15, -0.1) is 0 Å². The molecule has 0 aliphatic carbocycles. The summed E-state index contributed by atoms with van der Waals surface area (Å²) in [5.74, 6) is 0.174. The number of nitrogens with one attached hydrogen (secondary N) is 1. The Labute approximate surface area is 145 Å². The Kier molecular flexibility index (Phi) is 5.78. The molecule has 8 nitrogen and oxygen atoms in total. The number of nitrogens with zero attached hydrogens (tertiary/aromatic N) is 1. The van der Waals surface area contributed by atoms with Crippen molar-refractivity contribution in [3.8, 4) is 0 Å². The molecule has 0 radical (unpaired) electrons. The summed E-state index contributed by atoms with van der Waals surface area (Å²) in [6.45, 7) is 1.50. The van der Waals surface area contributed by atoms with Crippen molar-refractivity contribution in [2.24, 2.45) is 11.8 Å². The largest absolute Gasteiger partial charge is 0.483 e. The molecule has 0 spiro atoms. The maximum absolute atomic E-state index is 12.3. The number of carboxylic acid groups (broad SMARTS) is 1. The predicted octanol–water partition coefficient (Wildman–Crippen LogP) is -0.462. The van der Waals surface area contributed by atoms with Crippen LogP contribution < -0.4 is 5.32 Å². The molecule has 25 heavy (non-hydrogen) atoms. The second kappa shape index (κ2) is 7.64. The summed E-state index contributed by atoms with van der Waals surface area (Å²) in [7, 11) is -3.22. The number of rotatable bonds is 3. The first-order chi connectivity index (χ1) is 11.8. The molecule has 0 saturated carbocycles. The molecule has 2 N–H and O–H groups in total. The van der Waals surface area contributed by atoms with E-state index in [0.29, 0.717) is 19.6 Å². The molecule has 0 unspecified atom stereocenters. The topological polar surface area (TPSA) is 121 Å². The lowest BCUT2D eigenvalue weighted by molar-refractivity contribution is -0.130. The SMILES string of the molecule is CS(=O)(=O)c1ccc(CC(=O)N2C[C@@H]3CNC(=O)[C@@H]3C2)cc1.O=CO.